The Labute approximate surface area is 75.7 Å². The largest absolute Gasteiger partial charge is 0.0528 e. The first kappa shape index (κ1) is 7.41. The smallest absolute Gasteiger partial charge is 0.0329 e. The molecule has 3 aliphatic rings. The van der Waals surface area contributed by atoms with Crippen LogP contribution in [0.1, 0.15) is 51.4 Å². The van der Waals surface area contributed by atoms with E-state index in [1.807, 2.05) is 0 Å². The Balaban J connectivity index is 1.84. The van der Waals surface area contributed by atoms with Crippen LogP contribution in [0.4, 0.5) is 0 Å². The first-order chi connectivity index (χ1) is 5.95. The van der Waals surface area contributed by atoms with Crippen molar-refractivity contribution >= 4 is 0 Å². The van der Waals surface area contributed by atoms with Gasteiger partial charge in [-0.15, -0.1) is 0 Å². The van der Waals surface area contributed by atoms with Crippen LogP contribution in [-0.4, -0.2) is 0 Å². The van der Waals surface area contributed by atoms with Gasteiger partial charge in [-0.25, -0.2) is 0 Å². The SMILES string of the molecule is C1CC2CCCC3CCC(C1)C23. The topological polar surface area (TPSA) is 0 Å². The highest BCUT2D eigenvalue weighted by Crippen LogP contribution is 2.54. The molecule has 3 saturated carbocycles. The second-order valence-corrected chi connectivity index (χ2v) is 5.30. The lowest BCUT2D eigenvalue weighted by atomic mass is 9.65. The maximum Gasteiger partial charge on any atom is -0.0329 e. The molecule has 0 aliphatic heterocycles. The maximum absolute atomic E-state index is 1.59. The van der Waals surface area contributed by atoms with Gasteiger partial charge in [-0.3, -0.25) is 0 Å². The lowest BCUT2D eigenvalue weighted by Crippen LogP contribution is -2.31. The third-order valence-electron chi connectivity index (χ3n) is 4.84. The molecule has 0 aromatic rings. The first-order valence-electron chi connectivity index (χ1n) is 5.95. The Morgan fingerprint density at radius 2 is 0.917 bits per heavy atom. The van der Waals surface area contributed by atoms with Crippen molar-refractivity contribution in [3.63, 3.8) is 0 Å². The van der Waals surface area contributed by atoms with E-state index in [4.69, 9.17) is 0 Å². The zero-order chi connectivity index (χ0) is 7.97. The van der Waals surface area contributed by atoms with Gasteiger partial charge in [0.15, 0.2) is 0 Å². The van der Waals surface area contributed by atoms with Crippen molar-refractivity contribution < 1.29 is 0 Å². The molecule has 0 amide bonds. The second kappa shape index (κ2) is 2.75. The van der Waals surface area contributed by atoms with Crippen molar-refractivity contribution in [3.05, 3.63) is 0 Å². The van der Waals surface area contributed by atoms with Crippen LogP contribution in [0.2, 0.25) is 0 Å². The van der Waals surface area contributed by atoms with E-state index in [1.54, 1.807) is 51.4 Å². The van der Waals surface area contributed by atoms with Gasteiger partial charge in [0.05, 0.1) is 0 Å². The van der Waals surface area contributed by atoms with Crippen LogP contribution in [0.25, 0.3) is 0 Å². The minimum atomic E-state index is 1.17. The van der Waals surface area contributed by atoms with E-state index >= 15 is 0 Å². The van der Waals surface area contributed by atoms with Crippen LogP contribution >= 0.6 is 0 Å². The fourth-order valence-corrected chi connectivity index (χ4v) is 4.46. The molecule has 0 aromatic carbocycles. The second-order valence-electron chi connectivity index (χ2n) is 5.30. The standard InChI is InChI=1S/C12H20/c1-3-9-4-2-6-11-8-7-10(5-1)12(9)11/h9-12H,1-8H2. The summed E-state index contributed by atoms with van der Waals surface area (Å²) in [5.74, 6) is 4.72. The summed E-state index contributed by atoms with van der Waals surface area (Å²) < 4.78 is 0. The molecule has 0 heteroatoms. The summed E-state index contributed by atoms with van der Waals surface area (Å²) in [6, 6.07) is 0. The van der Waals surface area contributed by atoms with Crippen molar-refractivity contribution in [2.24, 2.45) is 23.7 Å². The van der Waals surface area contributed by atoms with Crippen molar-refractivity contribution in [2.75, 3.05) is 0 Å². The van der Waals surface area contributed by atoms with Gasteiger partial charge in [-0.05, 0) is 36.5 Å². The fraction of sp³-hybridized carbons (Fsp3) is 1.00. The lowest BCUT2D eigenvalue weighted by Gasteiger charge is -2.40. The quantitative estimate of drug-likeness (QED) is 0.513. The molecule has 2 atom stereocenters. The average Bonchev–Trinajstić information content (AvgIpc) is 2.52. The van der Waals surface area contributed by atoms with Gasteiger partial charge in [-0.2, -0.15) is 0 Å². The van der Waals surface area contributed by atoms with Gasteiger partial charge in [0.1, 0.15) is 0 Å². The van der Waals surface area contributed by atoms with Gasteiger partial charge in [0.25, 0.3) is 0 Å². The lowest BCUT2D eigenvalue weighted by molar-refractivity contribution is 0.0951. The third kappa shape index (κ3) is 0.963. The first-order valence-corrected chi connectivity index (χ1v) is 5.95. The molecule has 12 heavy (non-hydrogen) atoms. The van der Waals surface area contributed by atoms with E-state index in [1.165, 1.54) is 23.7 Å². The Bertz CT molecular complexity index is 155. The number of rotatable bonds is 0. The highest BCUT2D eigenvalue weighted by molar-refractivity contribution is 4.94. The van der Waals surface area contributed by atoms with E-state index in [2.05, 4.69) is 0 Å². The van der Waals surface area contributed by atoms with Crippen LogP contribution in [0.15, 0.2) is 0 Å². The fourth-order valence-electron chi connectivity index (χ4n) is 4.46. The molecule has 3 aliphatic carbocycles. The molecule has 2 unspecified atom stereocenters. The predicted molar refractivity (Wildman–Crippen MR) is 50.9 cm³/mol. The average molecular weight is 164 g/mol. The van der Waals surface area contributed by atoms with E-state index in [9.17, 15) is 0 Å². The zero-order valence-corrected chi connectivity index (χ0v) is 7.97. The van der Waals surface area contributed by atoms with Gasteiger partial charge < -0.3 is 0 Å². The minimum Gasteiger partial charge on any atom is -0.0528 e. The summed E-state index contributed by atoms with van der Waals surface area (Å²) in [6.45, 7) is 0. The molecular weight excluding hydrogens is 144 g/mol. The molecule has 0 nitrogen and oxygen atoms in total. The number of hydrogen-bond acceptors (Lipinski definition) is 0. The van der Waals surface area contributed by atoms with Gasteiger partial charge >= 0.3 is 0 Å². The molecule has 0 heterocycles. The monoisotopic (exact) mass is 164 g/mol. The molecule has 3 rings (SSSR count). The molecule has 68 valence electrons. The molecule has 3 fully saturated rings. The molecular formula is C12H20. The molecule has 0 bridgehead atoms. The van der Waals surface area contributed by atoms with Crippen LogP contribution in [0.3, 0.4) is 0 Å². The minimum absolute atomic E-state index is 1.17. The van der Waals surface area contributed by atoms with E-state index < -0.39 is 0 Å². The van der Waals surface area contributed by atoms with Crippen LogP contribution < -0.4 is 0 Å². The van der Waals surface area contributed by atoms with Crippen molar-refractivity contribution in [2.45, 2.75) is 51.4 Å². The summed E-state index contributed by atoms with van der Waals surface area (Å²) in [4.78, 5) is 0. The normalized spacial score (nSPS) is 52.0. The highest BCUT2D eigenvalue weighted by Gasteiger charge is 2.44. The van der Waals surface area contributed by atoms with Gasteiger partial charge in [0.2, 0.25) is 0 Å². The van der Waals surface area contributed by atoms with E-state index in [0.717, 1.165) is 0 Å². The summed E-state index contributed by atoms with van der Waals surface area (Å²) in [5, 5.41) is 0. The zero-order valence-electron chi connectivity index (χ0n) is 7.97. The Kier molecular flexibility index (Phi) is 1.70. The summed E-state index contributed by atoms with van der Waals surface area (Å²) in [7, 11) is 0. The summed E-state index contributed by atoms with van der Waals surface area (Å²) in [5.41, 5.74) is 0. The highest BCUT2D eigenvalue weighted by atomic mass is 14.5. The summed E-state index contributed by atoms with van der Waals surface area (Å²) in [6.07, 6.45) is 12.6. The van der Waals surface area contributed by atoms with E-state index in [0.29, 0.717) is 0 Å². The molecule has 0 saturated heterocycles. The van der Waals surface area contributed by atoms with Crippen molar-refractivity contribution in [3.8, 4) is 0 Å². The number of hydrogen-bond donors (Lipinski definition) is 0. The molecule has 0 aromatic heterocycles. The molecule has 0 spiro atoms. The van der Waals surface area contributed by atoms with Crippen LogP contribution in [-0.2, 0) is 0 Å². The Morgan fingerprint density at radius 1 is 0.500 bits per heavy atom. The Morgan fingerprint density at radius 3 is 1.42 bits per heavy atom. The third-order valence-corrected chi connectivity index (χ3v) is 4.84. The van der Waals surface area contributed by atoms with E-state index in [-0.39, 0.29) is 0 Å². The molecule has 0 radical (unpaired) electrons. The van der Waals surface area contributed by atoms with Crippen molar-refractivity contribution in [1.29, 1.82) is 0 Å². The predicted octanol–water partition coefficient (Wildman–Crippen LogP) is 3.61. The van der Waals surface area contributed by atoms with Crippen LogP contribution in [0.5, 0.6) is 0 Å². The van der Waals surface area contributed by atoms with Gasteiger partial charge in [0, 0.05) is 0 Å². The Hall–Kier alpha value is 0. The summed E-state index contributed by atoms with van der Waals surface area (Å²) >= 11 is 0. The van der Waals surface area contributed by atoms with Crippen LogP contribution in [0, 0.1) is 23.7 Å². The molecule has 0 N–H and O–H groups in total. The van der Waals surface area contributed by atoms with Crippen molar-refractivity contribution in [1.82, 2.24) is 0 Å². The van der Waals surface area contributed by atoms with Gasteiger partial charge in [-0.1, -0.05) is 38.5 Å². The maximum atomic E-state index is 1.59.